The summed E-state index contributed by atoms with van der Waals surface area (Å²) in [6.07, 6.45) is 0. The fourth-order valence-corrected chi connectivity index (χ4v) is 1.74. The van der Waals surface area contributed by atoms with Gasteiger partial charge in [-0.05, 0) is 28.5 Å². The molecule has 0 spiro atoms. The van der Waals surface area contributed by atoms with Gasteiger partial charge in [0.05, 0.1) is 6.04 Å². The third-order valence-electron chi connectivity index (χ3n) is 3.03. The van der Waals surface area contributed by atoms with Crippen LogP contribution in [-0.4, -0.2) is 32.2 Å². The third-order valence-corrected chi connectivity index (χ3v) is 3.03. The monoisotopic (exact) mass is 310 g/mol. The summed E-state index contributed by atoms with van der Waals surface area (Å²) >= 11 is 0. The number of aryl methyl sites for hydroxylation is 1. The number of nitrogens with zero attached hydrogens (tertiary/aromatic N) is 4. The minimum Gasteiger partial charge on any atom is -0.325 e. The van der Waals surface area contributed by atoms with Gasteiger partial charge in [0, 0.05) is 18.3 Å². The third kappa shape index (κ3) is 3.99. The Labute approximate surface area is 129 Å². The molecule has 3 N–H and O–H groups in total. The number of halogens is 1. The maximum atomic E-state index is 11.9. The number of hydrogen-bond acceptors (Lipinski definition) is 5. The fourth-order valence-electron chi connectivity index (χ4n) is 1.74. The first kappa shape index (κ1) is 17.1. The number of tetrazole rings is 1. The second-order valence-electron chi connectivity index (χ2n) is 4.97. The van der Waals surface area contributed by atoms with E-state index in [2.05, 4.69) is 20.8 Å². The van der Waals surface area contributed by atoms with Crippen LogP contribution in [0, 0.1) is 5.92 Å². The second kappa shape index (κ2) is 7.14. The van der Waals surface area contributed by atoms with Gasteiger partial charge in [0.2, 0.25) is 5.91 Å². The van der Waals surface area contributed by atoms with Crippen molar-refractivity contribution in [1.29, 1.82) is 0 Å². The topological polar surface area (TPSA) is 98.7 Å². The van der Waals surface area contributed by atoms with E-state index in [0.717, 1.165) is 5.56 Å². The van der Waals surface area contributed by atoms with Crippen molar-refractivity contribution in [3.63, 3.8) is 0 Å². The van der Waals surface area contributed by atoms with Gasteiger partial charge in [0.25, 0.3) is 0 Å². The van der Waals surface area contributed by atoms with Gasteiger partial charge < -0.3 is 11.1 Å². The van der Waals surface area contributed by atoms with E-state index in [1.54, 1.807) is 17.8 Å². The lowest BCUT2D eigenvalue weighted by atomic mass is 10.0. The smallest absolute Gasteiger partial charge is 0.241 e. The highest BCUT2D eigenvalue weighted by atomic mass is 35.5. The Kier molecular flexibility index (Phi) is 5.80. The summed E-state index contributed by atoms with van der Waals surface area (Å²) in [6, 6.07) is 6.80. The quantitative estimate of drug-likeness (QED) is 0.884. The van der Waals surface area contributed by atoms with Gasteiger partial charge in [-0.2, -0.15) is 0 Å². The zero-order valence-corrected chi connectivity index (χ0v) is 13.0. The molecule has 1 aromatic heterocycles. The first-order valence-corrected chi connectivity index (χ1v) is 6.38. The molecule has 2 aromatic rings. The highest BCUT2D eigenvalue weighted by molar-refractivity contribution is 5.95. The normalized spacial score (nSPS) is 11.9. The van der Waals surface area contributed by atoms with Crippen LogP contribution in [0.1, 0.15) is 13.8 Å². The molecule has 0 saturated heterocycles. The van der Waals surface area contributed by atoms with E-state index >= 15 is 0 Å². The van der Waals surface area contributed by atoms with Crippen LogP contribution in [0.2, 0.25) is 0 Å². The second-order valence-corrected chi connectivity index (χ2v) is 4.97. The molecular weight excluding hydrogens is 292 g/mol. The highest BCUT2D eigenvalue weighted by Crippen LogP contribution is 2.19. The lowest BCUT2D eigenvalue weighted by Gasteiger charge is -2.15. The summed E-state index contributed by atoms with van der Waals surface area (Å²) in [7, 11) is 1.76. The number of amides is 1. The molecule has 0 unspecified atom stereocenters. The zero-order chi connectivity index (χ0) is 14.7. The number of nitrogens with one attached hydrogen (secondary N) is 1. The van der Waals surface area contributed by atoms with Crippen molar-refractivity contribution in [2.75, 3.05) is 5.32 Å². The Morgan fingerprint density at radius 1 is 1.38 bits per heavy atom. The molecular formula is C13H19ClN6O. The van der Waals surface area contributed by atoms with Crippen LogP contribution in [0.5, 0.6) is 0 Å². The molecule has 1 heterocycles. The molecule has 21 heavy (non-hydrogen) atoms. The summed E-state index contributed by atoms with van der Waals surface area (Å²) in [5, 5.41) is 14.1. The number of hydrogen-bond donors (Lipinski definition) is 2. The van der Waals surface area contributed by atoms with Crippen molar-refractivity contribution in [2.24, 2.45) is 18.7 Å². The number of nitrogens with two attached hydrogens (primary N) is 1. The van der Waals surface area contributed by atoms with Crippen LogP contribution in [0.4, 0.5) is 5.69 Å². The number of benzene rings is 1. The average Bonchev–Trinajstić information content (AvgIpc) is 2.84. The van der Waals surface area contributed by atoms with Crippen molar-refractivity contribution in [3.05, 3.63) is 24.3 Å². The van der Waals surface area contributed by atoms with Crippen LogP contribution in [0.25, 0.3) is 11.4 Å². The lowest BCUT2D eigenvalue weighted by molar-refractivity contribution is -0.118. The van der Waals surface area contributed by atoms with Crippen molar-refractivity contribution >= 4 is 24.0 Å². The molecule has 2 rings (SSSR count). The van der Waals surface area contributed by atoms with Crippen LogP contribution in [0.3, 0.4) is 0 Å². The predicted octanol–water partition coefficient (Wildman–Crippen LogP) is 1.22. The molecule has 7 nitrogen and oxygen atoms in total. The highest BCUT2D eigenvalue weighted by Gasteiger charge is 2.17. The number of rotatable bonds is 4. The number of carbonyl (C=O) groups excluding carboxylic acids is 1. The van der Waals surface area contributed by atoms with E-state index < -0.39 is 6.04 Å². The van der Waals surface area contributed by atoms with Gasteiger partial charge in [0.1, 0.15) is 0 Å². The maximum Gasteiger partial charge on any atom is 0.241 e. The molecule has 1 atom stereocenters. The van der Waals surface area contributed by atoms with Gasteiger partial charge in [-0.25, -0.2) is 4.68 Å². The average molecular weight is 311 g/mol. The molecule has 1 amide bonds. The molecule has 0 aliphatic rings. The molecule has 8 heteroatoms. The number of anilines is 1. The van der Waals surface area contributed by atoms with Crippen molar-refractivity contribution < 1.29 is 4.79 Å². The molecule has 0 aliphatic carbocycles. The molecule has 1 aromatic carbocycles. The molecule has 114 valence electrons. The van der Waals surface area contributed by atoms with Crippen LogP contribution < -0.4 is 11.1 Å². The van der Waals surface area contributed by atoms with Gasteiger partial charge in [-0.1, -0.05) is 26.0 Å². The Morgan fingerprint density at radius 3 is 2.67 bits per heavy atom. The minimum absolute atomic E-state index is 0. The Hall–Kier alpha value is -1.99. The van der Waals surface area contributed by atoms with E-state index in [4.69, 9.17) is 5.73 Å². The zero-order valence-electron chi connectivity index (χ0n) is 12.1. The van der Waals surface area contributed by atoms with E-state index in [1.165, 1.54) is 0 Å². The summed E-state index contributed by atoms with van der Waals surface area (Å²) in [5.74, 6) is 0.517. The van der Waals surface area contributed by atoms with Crippen LogP contribution in [-0.2, 0) is 11.8 Å². The van der Waals surface area contributed by atoms with E-state index in [1.807, 2.05) is 32.0 Å². The fraction of sp³-hybridized carbons (Fsp3) is 0.385. The summed E-state index contributed by atoms with van der Waals surface area (Å²) in [4.78, 5) is 11.9. The number of aromatic nitrogens is 4. The SMILES string of the molecule is CC(C)[C@@H](N)C(=O)Nc1cccc(-c2nnnn2C)c1.Cl. The largest absolute Gasteiger partial charge is 0.325 e. The van der Waals surface area contributed by atoms with Crippen molar-refractivity contribution in [1.82, 2.24) is 20.2 Å². The van der Waals surface area contributed by atoms with Crippen molar-refractivity contribution in [2.45, 2.75) is 19.9 Å². The van der Waals surface area contributed by atoms with E-state index in [-0.39, 0.29) is 24.2 Å². The molecule has 0 aliphatic heterocycles. The Morgan fingerprint density at radius 2 is 2.10 bits per heavy atom. The summed E-state index contributed by atoms with van der Waals surface area (Å²) in [5.41, 5.74) is 7.32. The van der Waals surface area contributed by atoms with Crippen LogP contribution >= 0.6 is 12.4 Å². The van der Waals surface area contributed by atoms with Crippen molar-refractivity contribution in [3.8, 4) is 11.4 Å². The minimum atomic E-state index is -0.532. The Balaban J connectivity index is 0.00000220. The van der Waals surface area contributed by atoms with Gasteiger partial charge in [-0.3, -0.25) is 4.79 Å². The number of carbonyl (C=O) groups is 1. The summed E-state index contributed by atoms with van der Waals surface area (Å²) in [6.45, 7) is 3.82. The first-order valence-electron chi connectivity index (χ1n) is 6.38. The van der Waals surface area contributed by atoms with Gasteiger partial charge >= 0.3 is 0 Å². The van der Waals surface area contributed by atoms with Crippen LogP contribution in [0.15, 0.2) is 24.3 Å². The summed E-state index contributed by atoms with van der Waals surface area (Å²) < 4.78 is 1.57. The maximum absolute atomic E-state index is 11.9. The predicted molar refractivity (Wildman–Crippen MR) is 82.9 cm³/mol. The molecule has 0 radical (unpaired) electrons. The molecule has 0 bridgehead atoms. The lowest BCUT2D eigenvalue weighted by Crippen LogP contribution is -2.39. The Bertz CT molecular complexity index is 612. The first-order chi connectivity index (χ1) is 9.49. The van der Waals surface area contributed by atoms with E-state index in [0.29, 0.717) is 11.5 Å². The molecule has 0 fully saturated rings. The van der Waals surface area contributed by atoms with Gasteiger partial charge in [0.15, 0.2) is 5.82 Å². The molecule has 0 saturated carbocycles. The standard InChI is InChI=1S/C13H18N6O.ClH/c1-8(2)11(14)13(20)15-10-6-4-5-9(7-10)12-16-17-18-19(12)3;/h4-8,11H,14H2,1-3H3,(H,15,20);1H/t11-;/m1./s1. The van der Waals surface area contributed by atoms with E-state index in [9.17, 15) is 4.79 Å². The van der Waals surface area contributed by atoms with Gasteiger partial charge in [-0.15, -0.1) is 17.5 Å².